The van der Waals surface area contributed by atoms with E-state index in [9.17, 15) is 8.42 Å². The molecule has 25 heavy (non-hydrogen) atoms. The van der Waals surface area contributed by atoms with Crippen LogP contribution in [0.4, 0.5) is 5.69 Å². The van der Waals surface area contributed by atoms with Gasteiger partial charge in [0.05, 0.1) is 9.79 Å². The summed E-state index contributed by atoms with van der Waals surface area (Å²) in [6, 6.07) is 12.5. The van der Waals surface area contributed by atoms with Gasteiger partial charge in [0, 0.05) is 23.3 Å². The maximum Gasteiger partial charge on any atom is 0.206 e. The smallest absolute Gasteiger partial charge is 0.206 e. The molecule has 4 rings (SSSR count). The van der Waals surface area contributed by atoms with Gasteiger partial charge in [-0.15, -0.1) is 0 Å². The maximum atomic E-state index is 12.9. The summed E-state index contributed by atoms with van der Waals surface area (Å²) in [4.78, 5) is 3.04. The van der Waals surface area contributed by atoms with Crippen LogP contribution in [0.1, 0.15) is 18.4 Å². The second-order valence-corrected chi connectivity index (χ2v) is 9.06. The lowest BCUT2D eigenvalue weighted by Gasteiger charge is -2.33. The molecule has 1 N–H and O–H groups in total. The topological polar surface area (TPSA) is 49.4 Å². The van der Waals surface area contributed by atoms with Gasteiger partial charge in [0.25, 0.3) is 0 Å². The van der Waals surface area contributed by atoms with Gasteiger partial charge in [-0.05, 0) is 74.3 Å². The Hall–Kier alpha value is -1.56. The molecule has 2 heterocycles. The average Bonchev–Trinajstić information content (AvgIpc) is 3.05. The average molecular weight is 377 g/mol. The molecule has 2 aliphatic heterocycles. The highest BCUT2D eigenvalue weighted by Gasteiger charge is 2.29. The van der Waals surface area contributed by atoms with Gasteiger partial charge in [-0.3, -0.25) is 0 Å². The van der Waals surface area contributed by atoms with E-state index in [2.05, 4.69) is 10.2 Å². The fourth-order valence-corrected chi connectivity index (χ4v) is 5.45. The lowest BCUT2D eigenvalue weighted by molar-refractivity contribution is 0.435. The highest BCUT2D eigenvalue weighted by atomic mass is 35.5. The van der Waals surface area contributed by atoms with Gasteiger partial charge in [-0.2, -0.15) is 0 Å². The Morgan fingerprint density at radius 3 is 2.56 bits per heavy atom. The summed E-state index contributed by atoms with van der Waals surface area (Å²) >= 11 is 5.96. The molecule has 0 amide bonds. The van der Waals surface area contributed by atoms with Crippen LogP contribution in [0.25, 0.3) is 0 Å². The predicted molar refractivity (Wildman–Crippen MR) is 100 cm³/mol. The summed E-state index contributed by atoms with van der Waals surface area (Å²) in [5, 5.41) is 3.83. The number of fused-ring (bicyclic) bond motifs is 1. The van der Waals surface area contributed by atoms with E-state index in [-0.39, 0.29) is 4.90 Å². The Balaban J connectivity index is 1.66. The number of benzene rings is 2. The van der Waals surface area contributed by atoms with E-state index < -0.39 is 9.84 Å². The SMILES string of the molecule is O=S(=O)(c1cccc(Cl)c1)c1ccc2c(c1)CCN2C1CCNCC1. The lowest BCUT2D eigenvalue weighted by atomic mass is 10.0. The number of anilines is 1. The molecular formula is C19H21ClN2O2S. The van der Waals surface area contributed by atoms with Gasteiger partial charge in [-0.1, -0.05) is 17.7 Å². The molecule has 0 bridgehead atoms. The molecule has 2 aliphatic rings. The van der Waals surface area contributed by atoms with E-state index >= 15 is 0 Å². The number of nitrogens with zero attached hydrogens (tertiary/aromatic N) is 1. The summed E-state index contributed by atoms with van der Waals surface area (Å²) in [6.07, 6.45) is 3.18. The van der Waals surface area contributed by atoms with Crippen LogP contribution in [0.2, 0.25) is 5.02 Å². The zero-order chi connectivity index (χ0) is 17.4. The molecule has 132 valence electrons. The minimum Gasteiger partial charge on any atom is -0.368 e. The Morgan fingerprint density at radius 2 is 1.80 bits per heavy atom. The molecule has 0 aromatic heterocycles. The molecule has 0 radical (unpaired) electrons. The first-order chi connectivity index (χ1) is 12.1. The third-order valence-electron chi connectivity index (χ3n) is 5.15. The van der Waals surface area contributed by atoms with Crippen molar-refractivity contribution in [1.29, 1.82) is 0 Å². The highest BCUT2D eigenvalue weighted by molar-refractivity contribution is 7.91. The van der Waals surface area contributed by atoms with Crippen molar-refractivity contribution >= 4 is 27.1 Å². The Bertz CT molecular complexity index is 892. The van der Waals surface area contributed by atoms with Crippen molar-refractivity contribution in [3.63, 3.8) is 0 Å². The minimum atomic E-state index is -3.54. The Labute approximate surface area is 153 Å². The molecule has 0 aliphatic carbocycles. The van der Waals surface area contributed by atoms with E-state index in [0.717, 1.165) is 44.5 Å². The summed E-state index contributed by atoms with van der Waals surface area (Å²) in [6.45, 7) is 3.08. The van der Waals surface area contributed by atoms with Crippen molar-refractivity contribution in [2.24, 2.45) is 0 Å². The largest absolute Gasteiger partial charge is 0.368 e. The number of halogens is 1. The van der Waals surface area contributed by atoms with Gasteiger partial charge >= 0.3 is 0 Å². The number of hydrogen-bond acceptors (Lipinski definition) is 4. The minimum absolute atomic E-state index is 0.244. The fraction of sp³-hybridized carbons (Fsp3) is 0.368. The van der Waals surface area contributed by atoms with Crippen LogP contribution >= 0.6 is 11.6 Å². The van der Waals surface area contributed by atoms with Crippen LogP contribution in [0.15, 0.2) is 52.3 Å². The summed E-state index contributed by atoms with van der Waals surface area (Å²) in [5.74, 6) is 0. The summed E-state index contributed by atoms with van der Waals surface area (Å²) < 4.78 is 25.8. The second kappa shape index (κ2) is 6.63. The molecule has 6 heteroatoms. The van der Waals surface area contributed by atoms with Crippen LogP contribution in [0.3, 0.4) is 0 Å². The van der Waals surface area contributed by atoms with E-state index in [4.69, 9.17) is 11.6 Å². The third kappa shape index (κ3) is 3.16. The first-order valence-corrected chi connectivity index (χ1v) is 10.5. The standard InChI is InChI=1S/C19H21ClN2O2S/c20-15-2-1-3-17(13-15)25(23,24)18-4-5-19-14(12-18)8-11-22(19)16-6-9-21-10-7-16/h1-5,12-13,16,21H,6-11H2. The van der Waals surface area contributed by atoms with Gasteiger partial charge in [0.15, 0.2) is 0 Å². The van der Waals surface area contributed by atoms with Crippen LogP contribution in [-0.2, 0) is 16.3 Å². The number of hydrogen-bond donors (Lipinski definition) is 1. The summed E-state index contributed by atoms with van der Waals surface area (Å²) in [7, 11) is -3.54. The zero-order valence-electron chi connectivity index (χ0n) is 13.9. The van der Waals surface area contributed by atoms with E-state index in [0.29, 0.717) is 16.0 Å². The van der Waals surface area contributed by atoms with Crippen LogP contribution < -0.4 is 10.2 Å². The predicted octanol–water partition coefficient (Wildman–Crippen LogP) is 3.29. The Kier molecular flexibility index (Phi) is 4.48. The van der Waals surface area contributed by atoms with Crippen LogP contribution in [-0.4, -0.2) is 34.1 Å². The first kappa shape index (κ1) is 16.9. The van der Waals surface area contributed by atoms with Gasteiger partial charge in [0.1, 0.15) is 0 Å². The quantitative estimate of drug-likeness (QED) is 0.893. The zero-order valence-corrected chi connectivity index (χ0v) is 15.5. The van der Waals surface area contributed by atoms with Crippen molar-refractivity contribution in [2.75, 3.05) is 24.5 Å². The molecule has 0 spiro atoms. The van der Waals surface area contributed by atoms with Gasteiger partial charge in [0.2, 0.25) is 9.84 Å². The molecular weight excluding hydrogens is 356 g/mol. The van der Waals surface area contributed by atoms with E-state index in [1.54, 1.807) is 24.3 Å². The Morgan fingerprint density at radius 1 is 1.04 bits per heavy atom. The number of sulfone groups is 1. The van der Waals surface area contributed by atoms with Crippen molar-refractivity contribution in [1.82, 2.24) is 5.32 Å². The third-order valence-corrected chi connectivity index (χ3v) is 7.13. The van der Waals surface area contributed by atoms with Crippen LogP contribution in [0, 0.1) is 0 Å². The van der Waals surface area contributed by atoms with Crippen molar-refractivity contribution < 1.29 is 8.42 Å². The molecule has 2 aromatic carbocycles. The number of rotatable bonds is 3. The number of nitrogens with one attached hydrogen (secondary N) is 1. The second-order valence-electron chi connectivity index (χ2n) is 6.68. The van der Waals surface area contributed by atoms with Crippen molar-refractivity contribution in [3.8, 4) is 0 Å². The van der Waals surface area contributed by atoms with E-state index in [1.807, 2.05) is 12.1 Å². The monoisotopic (exact) mass is 376 g/mol. The molecule has 4 nitrogen and oxygen atoms in total. The van der Waals surface area contributed by atoms with Crippen molar-refractivity contribution in [3.05, 3.63) is 53.1 Å². The number of piperidine rings is 1. The normalized spacial score (nSPS) is 18.4. The maximum absolute atomic E-state index is 12.9. The molecule has 0 atom stereocenters. The van der Waals surface area contributed by atoms with Crippen LogP contribution in [0.5, 0.6) is 0 Å². The van der Waals surface area contributed by atoms with E-state index in [1.165, 1.54) is 11.8 Å². The molecule has 0 unspecified atom stereocenters. The van der Waals surface area contributed by atoms with Gasteiger partial charge in [-0.25, -0.2) is 8.42 Å². The highest BCUT2D eigenvalue weighted by Crippen LogP contribution is 2.35. The van der Waals surface area contributed by atoms with Gasteiger partial charge < -0.3 is 10.2 Å². The molecule has 0 saturated carbocycles. The molecule has 2 aromatic rings. The first-order valence-electron chi connectivity index (χ1n) is 8.67. The molecule has 1 fully saturated rings. The fourth-order valence-electron chi connectivity index (χ4n) is 3.84. The van der Waals surface area contributed by atoms with Crippen molar-refractivity contribution in [2.45, 2.75) is 35.1 Å². The summed E-state index contributed by atoms with van der Waals surface area (Å²) in [5.41, 5.74) is 2.32. The molecule has 1 saturated heterocycles. The lowest BCUT2D eigenvalue weighted by Crippen LogP contribution is -2.42.